The molecule has 2 unspecified atom stereocenters. The van der Waals surface area contributed by atoms with E-state index in [2.05, 4.69) is 21.2 Å². The molecule has 0 aliphatic heterocycles. The van der Waals surface area contributed by atoms with Crippen molar-refractivity contribution in [2.24, 2.45) is 0 Å². The van der Waals surface area contributed by atoms with Crippen molar-refractivity contribution in [3.8, 4) is 0 Å². The number of rotatable bonds is 4. The Labute approximate surface area is 134 Å². The van der Waals surface area contributed by atoms with Crippen LogP contribution in [-0.4, -0.2) is 0 Å². The van der Waals surface area contributed by atoms with E-state index in [9.17, 15) is 13.2 Å². The fraction of sp³-hybridized carbons (Fsp3) is 0.333. The topological polar surface area (TPSA) is 12.0 Å². The number of thiophene rings is 1. The van der Waals surface area contributed by atoms with Crippen molar-refractivity contribution in [3.05, 3.63) is 56.2 Å². The van der Waals surface area contributed by atoms with Crippen molar-refractivity contribution < 1.29 is 13.2 Å². The van der Waals surface area contributed by atoms with Crippen molar-refractivity contribution in [1.29, 1.82) is 0 Å². The molecule has 2 aromatic rings. The summed E-state index contributed by atoms with van der Waals surface area (Å²) in [6, 6.07) is 7.38. The highest BCUT2D eigenvalue weighted by atomic mass is 79.9. The Morgan fingerprint density at radius 1 is 1.14 bits per heavy atom. The molecule has 21 heavy (non-hydrogen) atoms. The van der Waals surface area contributed by atoms with Crippen LogP contribution in [-0.2, 0) is 6.18 Å². The molecule has 1 aromatic heterocycles. The van der Waals surface area contributed by atoms with Crippen LogP contribution in [0.3, 0.4) is 0 Å². The number of halogens is 4. The normalized spacial score (nSPS) is 15.0. The van der Waals surface area contributed by atoms with E-state index >= 15 is 0 Å². The van der Waals surface area contributed by atoms with Crippen LogP contribution < -0.4 is 5.32 Å². The van der Waals surface area contributed by atoms with Gasteiger partial charge in [0, 0.05) is 26.8 Å². The minimum absolute atomic E-state index is 0.0749. The minimum atomic E-state index is -4.31. The first-order chi connectivity index (χ1) is 9.77. The third kappa shape index (κ3) is 4.31. The maximum Gasteiger partial charge on any atom is 0.416 e. The monoisotopic (exact) mass is 377 g/mol. The zero-order chi connectivity index (χ0) is 15.6. The molecular weight excluding hydrogens is 363 g/mol. The van der Waals surface area contributed by atoms with Crippen LogP contribution in [0.4, 0.5) is 13.2 Å². The second kappa shape index (κ2) is 6.50. The third-order valence-corrected chi connectivity index (χ3v) is 5.10. The molecule has 0 aliphatic rings. The summed E-state index contributed by atoms with van der Waals surface area (Å²) in [6.45, 7) is 3.87. The van der Waals surface area contributed by atoms with Crippen LogP contribution in [0.25, 0.3) is 0 Å². The molecule has 0 fully saturated rings. The van der Waals surface area contributed by atoms with Gasteiger partial charge in [-0.05, 0) is 53.5 Å². The zero-order valence-corrected chi connectivity index (χ0v) is 13.9. The van der Waals surface area contributed by atoms with E-state index in [0.717, 1.165) is 15.4 Å². The molecular formula is C15H15BrF3NS. The van der Waals surface area contributed by atoms with Gasteiger partial charge in [0.2, 0.25) is 0 Å². The zero-order valence-electron chi connectivity index (χ0n) is 11.5. The summed E-state index contributed by atoms with van der Waals surface area (Å²) in [4.78, 5) is 1.14. The van der Waals surface area contributed by atoms with Gasteiger partial charge in [-0.15, -0.1) is 11.3 Å². The van der Waals surface area contributed by atoms with Gasteiger partial charge in [-0.25, -0.2) is 0 Å². The highest BCUT2D eigenvalue weighted by Crippen LogP contribution is 2.32. The average molecular weight is 378 g/mol. The molecule has 1 aromatic carbocycles. The Morgan fingerprint density at radius 3 is 2.43 bits per heavy atom. The van der Waals surface area contributed by atoms with E-state index in [1.165, 1.54) is 12.1 Å². The van der Waals surface area contributed by atoms with Crippen molar-refractivity contribution in [2.75, 3.05) is 0 Å². The Bertz CT molecular complexity index is 609. The van der Waals surface area contributed by atoms with E-state index in [0.29, 0.717) is 5.56 Å². The molecule has 0 bridgehead atoms. The quantitative estimate of drug-likeness (QED) is 0.694. The second-order valence-corrected chi connectivity index (χ2v) is 6.76. The minimum Gasteiger partial charge on any atom is -0.303 e. The van der Waals surface area contributed by atoms with Crippen molar-refractivity contribution in [1.82, 2.24) is 5.32 Å². The summed E-state index contributed by atoms with van der Waals surface area (Å²) in [5, 5.41) is 5.32. The lowest BCUT2D eigenvalue weighted by Gasteiger charge is -2.20. The highest BCUT2D eigenvalue weighted by molar-refractivity contribution is 9.10. The summed E-state index contributed by atoms with van der Waals surface area (Å²) >= 11 is 5.01. The predicted octanol–water partition coefficient (Wildman–Crippen LogP) is 5.94. The molecule has 1 heterocycles. The largest absolute Gasteiger partial charge is 0.416 e. The lowest BCUT2D eigenvalue weighted by atomic mass is 10.0. The van der Waals surface area contributed by atoms with E-state index in [-0.39, 0.29) is 12.1 Å². The Hall–Kier alpha value is -0.850. The molecule has 0 saturated heterocycles. The lowest BCUT2D eigenvalue weighted by molar-refractivity contribution is -0.137. The number of hydrogen-bond acceptors (Lipinski definition) is 2. The van der Waals surface area contributed by atoms with Crippen LogP contribution in [0, 0.1) is 0 Å². The van der Waals surface area contributed by atoms with Crippen molar-refractivity contribution >= 4 is 27.3 Å². The fourth-order valence-corrected chi connectivity index (χ4v) is 3.56. The molecule has 0 spiro atoms. The van der Waals surface area contributed by atoms with Crippen LogP contribution >= 0.6 is 27.3 Å². The van der Waals surface area contributed by atoms with Gasteiger partial charge in [-0.2, -0.15) is 13.2 Å². The molecule has 6 heteroatoms. The van der Waals surface area contributed by atoms with Gasteiger partial charge in [0.05, 0.1) is 5.56 Å². The van der Waals surface area contributed by atoms with Crippen LogP contribution in [0.1, 0.15) is 41.9 Å². The standard InChI is InChI=1S/C15H15BrF3NS/c1-9(20-10(2)14-7-13(16)8-21-14)11-4-3-5-12(6-11)15(17,18)19/h3-10,20H,1-2H3. The van der Waals surface area contributed by atoms with Gasteiger partial charge < -0.3 is 5.32 Å². The first-order valence-corrected chi connectivity index (χ1v) is 8.12. The Morgan fingerprint density at radius 2 is 1.86 bits per heavy atom. The number of benzene rings is 1. The maximum atomic E-state index is 12.7. The van der Waals surface area contributed by atoms with Gasteiger partial charge in [0.25, 0.3) is 0 Å². The first-order valence-electron chi connectivity index (χ1n) is 6.44. The molecule has 1 nitrogen and oxygen atoms in total. The average Bonchev–Trinajstić information content (AvgIpc) is 2.84. The molecule has 0 aliphatic carbocycles. The smallest absolute Gasteiger partial charge is 0.303 e. The van der Waals surface area contributed by atoms with E-state index < -0.39 is 11.7 Å². The summed E-state index contributed by atoms with van der Waals surface area (Å²) in [6.07, 6.45) is -4.31. The lowest BCUT2D eigenvalue weighted by Crippen LogP contribution is -2.22. The third-order valence-electron chi connectivity index (χ3n) is 3.23. The molecule has 0 radical (unpaired) electrons. The Kier molecular flexibility index (Phi) is 5.11. The van der Waals surface area contributed by atoms with Gasteiger partial charge in [-0.1, -0.05) is 12.1 Å². The van der Waals surface area contributed by atoms with E-state index in [1.807, 2.05) is 25.3 Å². The fourth-order valence-electron chi connectivity index (χ4n) is 2.09. The van der Waals surface area contributed by atoms with E-state index in [1.54, 1.807) is 17.4 Å². The van der Waals surface area contributed by atoms with Crippen LogP contribution in [0.2, 0.25) is 0 Å². The number of hydrogen-bond donors (Lipinski definition) is 1. The first kappa shape index (κ1) is 16.5. The SMILES string of the molecule is CC(NC(C)c1cc(Br)cs1)c1cccc(C(F)(F)F)c1. The summed E-state index contributed by atoms with van der Waals surface area (Å²) in [7, 11) is 0. The summed E-state index contributed by atoms with van der Waals surface area (Å²) in [5.74, 6) is 0. The van der Waals surface area contributed by atoms with Crippen LogP contribution in [0.15, 0.2) is 40.2 Å². The van der Waals surface area contributed by atoms with E-state index in [4.69, 9.17) is 0 Å². The summed E-state index contributed by atoms with van der Waals surface area (Å²) in [5.41, 5.74) is 0.0208. The number of nitrogens with one attached hydrogen (secondary N) is 1. The van der Waals surface area contributed by atoms with Crippen molar-refractivity contribution in [2.45, 2.75) is 32.1 Å². The van der Waals surface area contributed by atoms with Gasteiger partial charge in [0.1, 0.15) is 0 Å². The molecule has 0 amide bonds. The molecule has 2 atom stereocenters. The van der Waals surface area contributed by atoms with Crippen LogP contribution in [0.5, 0.6) is 0 Å². The molecule has 1 N–H and O–H groups in total. The molecule has 2 rings (SSSR count). The van der Waals surface area contributed by atoms with Gasteiger partial charge in [0.15, 0.2) is 0 Å². The second-order valence-electron chi connectivity index (χ2n) is 4.90. The highest BCUT2D eigenvalue weighted by Gasteiger charge is 2.30. The predicted molar refractivity (Wildman–Crippen MR) is 83.4 cm³/mol. The maximum absolute atomic E-state index is 12.7. The number of alkyl halides is 3. The summed E-state index contributed by atoms with van der Waals surface area (Å²) < 4.78 is 39.2. The van der Waals surface area contributed by atoms with Crippen molar-refractivity contribution in [3.63, 3.8) is 0 Å². The molecule has 0 saturated carbocycles. The van der Waals surface area contributed by atoms with Gasteiger partial charge >= 0.3 is 6.18 Å². The Balaban J connectivity index is 2.11. The molecule has 114 valence electrons. The van der Waals surface area contributed by atoms with Gasteiger partial charge in [-0.3, -0.25) is 0 Å².